The van der Waals surface area contributed by atoms with Crippen molar-refractivity contribution in [2.75, 3.05) is 0 Å². The molecule has 0 radical (unpaired) electrons. The molecule has 0 aliphatic carbocycles. The lowest BCUT2D eigenvalue weighted by molar-refractivity contribution is 0.226. The number of hydrogen-bond acceptors (Lipinski definition) is 3. The molecule has 0 saturated heterocycles. The summed E-state index contributed by atoms with van der Waals surface area (Å²) in [5, 5.41) is 15.3. The van der Waals surface area contributed by atoms with Gasteiger partial charge >= 0.3 is 0 Å². The van der Waals surface area contributed by atoms with E-state index < -0.39 is 6.10 Å². The first kappa shape index (κ1) is 13.0. The molecule has 0 spiro atoms. The Balaban J connectivity index is 1.89. The van der Waals surface area contributed by atoms with Crippen molar-refractivity contribution in [1.82, 2.24) is 0 Å². The maximum absolute atomic E-state index is 10.8. The minimum Gasteiger partial charge on any atom is -0.383 e. The number of aliphatic hydroxyl groups excluding tert-OH is 1. The molecular formula is C18H14OS2. The van der Waals surface area contributed by atoms with Gasteiger partial charge in [-0.05, 0) is 46.3 Å². The van der Waals surface area contributed by atoms with Gasteiger partial charge in [0, 0.05) is 14.3 Å². The molecular weight excluding hydrogens is 296 g/mol. The van der Waals surface area contributed by atoms with Crippen molar-refractivity contribution in [2.45, 2.75) is 13.0 Å². The maximum Gasteiger partial charge on any atom is 0.114 e. The van der Waals surface area contributed by atoms with Crippen LogP contribution >= 0.6 is 22.7 Å². The molecule has 0 saturated carbocycles. The Morgan fingerprint density at radius 1 is 0.952 bits per heavy atom. The van der Waals surface area contributed by atoms with Crippen molar-refractivity contribution < 1.29 is 5.11 Å². The van der Waals surface area contributed by atoms with Crippen molar-refractivity contribution in [1.29, 1.82) is 0 Å². The van der Waals surface area contributed by atoms with Crippen molar-refractivity contribution >= 4 is 42.8 Å². The average Bonchev–Trinajstić information content (AvgIpc) is 3.08. The van der Waals surface area contributed by atoms with Crippen molar-refractivity contribution in [2.24, 2.45) is 0 Å². The normalized spacial score (nSPS) is 13.0. The van der Waals surface area contributed by atoms with Crippen LogP contribution < -0.4 is 0 Å². The fraction of sp³-hybridized carbons (Fsp3) is 0.111. The van der Waals surface area contributed by atoms with Gasteiger partial charge in [0.25, 0.3) is 0 Å². The van der Waals surface area contributed by atoms with Gasteiger partial charge in [-0.1, -0.05) is 36.4 Å². The van der Waals surface area contributed by atoms with E-state index in [0.29, 0.717) is 0 Å². The predicted octanol–water partition coefficient (Wildman–Crippen LogP) is 5.51. The highest BCUT2D eigenvalue weighted by atomic mass is 32.1. The second-order valence-electron chi connectivity index (χ2n) is 5.22. The van der Waals surface area contributed by atoms with E-state index in [9.17, 15) is 5.11 Å². The first-order valence-electron chi connectivity index (χ1n) is 6.87. The van der Waals surface area contributed by atoms with Crippen LogP contribution in [0.3, 0.4) is 0 Å². The first-order valence-corrected chi connectivity index (χ1v) is 8.57. The largest absolute Gasteiger partial charge is 0.383 e. The van der Waals surface area contributed by atoms with Crippen molar-refractivity contribution in [3.63, 3.8) is 0 Å². The van der Waals surface area contributed by atoms with Crippen LogP contribution in [0.1, 0.15) is 22.1 Å². The number of aliphatic hydroxyl groups is 1. The fourth-order valence-electron chi connectivity index (χ4n) is 2.78. The number of aryl methyl sites for hydroxylation is 1. The second-order valence-corrected chi connectivity index (χ2v) is 7.28. The third kappa shape index (κ3) is 2.09. The van der Waals surface area contributed by atoms with Gasteiger partial charge in [0.1, 0.15) is 6.10 Å². The molecule has 1 unspecified atom stereocenters. The van der Waals surface area contributed by atoms with Gasteiger partial charge in [-0.25, -0.2) is 0 Å². The van der Waals surface area contributed by atoms with E-state index in [-0.39, 0.29) is 0 Å². The predicted molar refractivity (Wildman–Crippen MR) is 92.4 cm³/mol. The van der Waals surface area contributed by atoms with Crippen LogP contribution in [0, 0.1) is 6.92 Å². The van der Waals surface area contributed by atoms with Gasteiger partial charge in [0.2, 0.25) is 0 Å². The highest BCUT2D eigenvalue weighted by molar-refractivity contribution is 7.26. The lowest BCUT2D eigenvalue weighted by atomic mass is 9.96. The Morgan fingerprint density at radius 3 is 2.57 bits per heavy atom. The summed E-state index contributed by atoms with van der Waals surface area (Å²) in [5.74, 6) is 0. The number of benzene rings is 2. The van der Waals surface area contributed by atoms with Crippen LogP contribution in [-0.4, -0.2) is 5.11 Å². The molecule has 1 atom stereocenters. The van der Waals surface area contributed by atoms with Crippen LogP contribution in [0.25, 0.3) is 20.2 Å². The SMILES string of the molecule is Cc1ccc(C(O)c2cc3sccc3s2)c2ccccc12. The van der Waals surface area contributed by atoms with Crippen LogP contribution in [0.4, 0.5) is 0 Å². The number of fused-ring (bicyclic) bond motifs is 2. The molecule has 3 heteroatoms. The van der Waals surface area contributed by atoms with Gasteiger partial charge in [-0.15, -0.1) is 22.7 Å². The van der Waals surface area contributed by atoms with Crippen LogP contribution in [0.15, 0.2) is 53.9 Å². The molecule has 104 valence electrons. The summed E-state index contributed by atoms with van der Waals surface area (Å²) in [6.45, 7) is 2.11. The summed E-state index contributed by atoms with van der Waals surface area (Å²) in [6.07, 6.45) is -0.555. The Hall–Kier alpha value is -1.68. The smallest absolute Gasteiger partial charge is 0.114 e. The van der Waals surface area contributed by atoms with Crippen molar-refractivity contribution in [3.8, 4) is 0 Å². The molecule has 4 aromatic rings. The Bertz CT molecular complexity index is 904. The second kappa shape index (κ2) is 4.95. The quantitative estimate of drug-likeness (QED) is 0.518. The summed E-state index contributed by atoms with van der Waals surface area (Å²) >= 11 is 3.41. The van der Waals surface area contributed by atoms with E-state index in [1.807, 2.05) is 12.1 Å². The zero-order valence-electron chi connectivity index (χ0n) is 11.5. The van der Waals surface area contributed by atoms with Crippen LogP contribution in [0.5, 0.6) is 0 Å². The van der Waals surface area contributed by atoms with E-state index >= 15 is 0 Å². The molecule has 0 aliphatic rings. The number of hydrogen-bond donors (Lipinski definition) is 1. The summed E-state index contributed by atoms with van der Waals surface area (Å²) in [6, 6.07) is 16.7. The van der Waals surface area contributed by atoms with Gasteiger partial charge in [-0.2, -0.15) is 0 Å². The van der Waals surface area contributed by atoms with E-state index in [4.69, 9.17) is 0 Å². The van der Waals surface area contributed by atoms with Gasteiger partial charge in [0.05, 0.1) is 0 Å². The molecule has 21 heavy (non-hydrogen) atoms. The topological polar surface area (TPSA) is 20.2 Å². The van der Waals surface area contributed by atoms with E-state index in [1.165, 1.54) is 20.3 Å². The third-order valence-electron chi connectivity index (χ3n) is 3.90. The summed E-state index contributed by atoms with van der Waals surface area (Å²) in [4.78, 5) is 1.02. The summed E-state index contributed by atoms with van der Waals surface area (Å²) in [5.41, 5.74) is 2.24. The highest BCUT2D eigenvalue weighted by Crippen LogP contribution is 2.38. The van der Waals surface area contributed by atoms with Crippen LogP contribution in [-0.2, 0) is 0 Å². The van der Waals surface area contributed by atoms with E-state index in [0.717, 1.165) is 15.8 Å². The zero-order valence-corrected chi connectivity index (χ0v) is 13.2. The summed E-state index contributed by atoms with van der Waals surface area (Å²) in [7, 11) is 0. The van der Waals surface area contributed by atoms with Crippen LogP contribution in [0.2, 0.25) is 0 Å². The molecule has 0 aliphatic heterocycles. The maximum atomic E-state index is 10.8. The molecule has 2 heterocycles. The molecule has 0 fully saturated rings. The Labute approximate surface area is 131 Å². The first-order chi connectivity index (χ1) is 10.2. The van der Waals surface area contributed by atoms with Gasteiger partial charge < -0.3 is 5.11 Å². The third-order valence-corrected chi connectivity index (χ3v) is 6.04. The molecule has 1 N–H and O–H groups in total. The van der Waals surface area contributed by atoms with Crippen molar-refractivity contribution in [3.05, 3.63) is 69.9 Å². The molecule has 2 aromatic heterocycles. The Kier molecular flexibility index (Phi) is 3.07. The molecule has 4 rings (SSSR count). The lowest BCUT2D eigenvalue weighted by Gasteiger charge is -2.13. The molecule has 2 aromatic carbocycles. The molecule has 0 bridgehead atoms. The number of rotatable bonds is 2. The lowest BCUT2D eigenvalue weighted by Crippen LogP contribution is -1.98. The van der Waals surface area contributed by atoms with E-state index in [1.54, 1.807) is 22.7 Å². The minimum absolute atomic E-state index is 0.555. The number of thiophene rings is 2. The molecule has 0 amide bonds. The minimum atomic E-state index is -0.555. The van der Waals surface area contributed by atoms with Gasteiger partial charge in [-0.3, -0.25) is 0 Å². The monoisotopic (exact) mass is 310 g/mol. The average molecular weight is 310 g/mol. The highest BCUT2D eigenvalue weighted by Gasteiger charge is 2.17. The van der Waals surface area contributed by atoms with E-state index in [2.05, 4.69) is 48.7 Å². The zero-order chi connectivity index (χ0) is 14.4. The fourth-order valence-corrected chi connectivity index (χ4v) is 4.91. The standard InChI is InChI=1S/C18H14OS2/c1-11-6-7-14(13-5-3-2-4-12(11)13)18(19)17-10-16-15(21-17)8-9-20-16/h2-10,18-19H,1H3. The summed E-state index contributed by atoms with van der Waals surface area (Å²) < 4.78 is 2.51. The molecule has 1 nitrogen and oxygen atoms in total. The van der Waals surface area contributed by atoms with Gasteiger partial charge in [0.15, 0.2) is 0 Å². The Morgan fingerprint density at radius 2 is 1.76 bits per heavy atom.